The zero-order chi connectivity index (χ0) is 19.3. The van der Waals surface area contributed by atoms with Gasteiger partial charge in [-0.3, -0.25) is 4.79 Å². The maximum absolute atomic E-state index is 13.0. The predicted octanol–water partition coefficient (Wildman–Crippen LogP) is 2.03. The van der Waals surface area contributed by atoms with Gasteiger partial charge in [0.25, 0.3) is 5.91 Å². The number of alkyl halides is 3. The Bertz CT molecular complexity index is 880. The first-order chi connectivity index (χ1) is 12.8. The summed E-state index contributed by atoms with van der Waals surface area (Å²) in [5.41, 5.74) is -0.345. The molecule has 4 heterocycles. The summed E-state index contributed by atoms with van der Waals surface area (Å²) in [5, 5.41) is 2.96. The average molecular weight is 380 g/mol. The van der Waals surface area contributed by atoms with Crippen LogP contribution in [0, 0.1) is 12.8 Å². The van der Waals surface area contributed by atoms with Gasteiger partial charge in [-0.1, -0.05) is 0 Å². The lowest BCUT2D eigenvalue weighted by atomic mass is 9.80. The summed E-state index contributed by atoms with van der Waals surface area (Å²) in [4.78, 5) is 26.1. The van der Waals surface area contributed by atoms with Crippen molar-refractivity contribution in [3.8, 4) is 0 Å². The van der Waals surface area contributed by atoms with Gasteiger partial charge >= 0.3 is 6.18 Å². The van der Waals surface area contributed by atoms with Crippen LogP contribution in [0.15, 0.2) is 18.6 Å². The number of hydrogen-bond donors (Lipinski definition) is 1. The molecule has 27 heavy (non-hydrogen) atoms. The third kappa shape index (κ3) is 3.13. The Morgan fingerprint density at radius 3 is 2.81 bits per heavy atom. The van der Waals surface area contributed by atoms with Crippen LogP contribution in [-0.4, -0.2) is 44.1 Å². The zero-order valence-electron chi connectivity index (χ0n) is 14.9. The normalized spacial score (nSPS) is 24.0. The minimum Gasteiger partial charge on any atom is -0.345 e. The molecule has 2 bridgehead atoms. The van der Waals surface area contributed by atoms with Crippen LogP contribution in [0.4, 0.5) is 19.1 Å². The highest BCUT2D eigenvalue weighted by molar-refractivity contribution is 5.92. The van der Waals surface area contributed by atoms with E-state index in [1.807, 2.05) is 6.92 Å². The monoisotopic (exact) mass is 380 g/mol. The molecule has 144 valence electrons. The van der Waals surface area contributed by atoms with E-state index in [1.54, 1.807) is 22.0 Å². The third-order valence-electron chi connectivity index (χ3n) is 5.22. The number of carbonyl (C=O) groups is 1. The Morgan fingerprint density at radius 1 is 1.37 bits per heavy atom. The highest BCUT2D eigenvalue weighted by Crippen LogP contribution is 2.43. The van der Waals surface area contributed by atoms with Crippen molar-refractivity contribution in [1.82, 2.24) is 24.8 Å². The van der Waals surface area contributed by atoms with Crippen molar-refractivity contribution in [2.45, 2.75) is 45.1 Å². The number of nitrogens with one attached hydrogen (secondary N) is 1. The van der Waals surface area contributed by atoms with Gasteiger partial charge in [0, 0.05) is 30.9 Å². The summed E-state index contributed by atoms with van der Waals surface area (Å²) in [6.45, 7) is 4.71. The minimum atomic E-state index is -4.52. The van der Waals surface area contributed by atoms with Crippen LogP contribution in [0.25, 0.3) is 0 Å². The lowest BCUT2D eigenvalue weighted by Crippen LogP contribution is -2.55. The zero-order valence-corrected chi connectivity index (χ0v) is 14.9. The first kappa shape index (κ1) is 17.7. The second-order valence-corrected chi connectivity index (χ2v) is 7.00. The second kappa shape index (κ2) is 6.21. The Labute approximate surface area is 153 Å². The SMILES string of the molecule is CCn1cnc(C(=O)NC2C3CC2N(c2nc(C)cc(C(F)(F)F)n2)C3)c1. The molecule has 1 saturated carbocycles. The second-order valence-electron chi connectivity index (χ2n) is 7.00. The molecule has 0 radical (unpaired) electrons. The van der Waals surface area contributed by atoms with Gasteiger partial charge in [0.2, 0.25) is 5.95 Å². The number of carbonyl (C=O) groups excluding carboxylic acids is 1. The number of rotatable bonds is 4. The van der Waals surface area contributed by atoms with Gasteiger partial charge in [0.1, 0.15) is 11.4 Å². The molecule has 2 aromatic rings. The number of halogens is 3. The van der Waals surface area contributed by atoms with Crippen molar-refractivity contribution < 1.29 is 18.0 Å². The van der Waals surface area contributed by atoms with E-state index in [0.29, 0.717) is 12.2 Å². The van der Waals surface area contributed by atoms with Crippen molar-refractivity contribution in [3.05, 3.63) is 35.7 Å². The predicted molar refractivity (Wildman–Crippen MR) is 90.2 cm³/mol. The van der Waals surface area contributed by atoms with Gasteiger partial charge in [-0.15, -0.1) is 0 Å². The molecule has 3 aliphatic rings. The molecule has 1 N–H and O–H groups in total. The van der Waals surface area contributed by atoms with E-state index >= 15 is 0 Å². The average Bonchev–Trinajstić information content (AvgIpc) is 3.31. The molecule has 3 fully saturated rings. The first-order valence-electron chi connectivity index (χ1n) is 8.78. The van der Waals surface area contributed by atoms with Crippen LogP contribution in [0.3, 0.4) is 0 Å². The van der Waals surface area contributed by atoms with Gasteiger partial charge in [-0.25, -0.2) is 15.0 Å². The molecular formula is C17H19F3N6O. The maximum Gasteiger partial charge on any atom is 0.433 e. The van der Waals surface area contributed by atoms with Crippen molar-refractivity contribution in [1.29, 1.82) is 0 Å². The summed E-state index contributed by atoms with van der Waals surface area (Å²) < 4.78 is 40.9. The first-order valence-corrected chi connectivity index (χ1v) is 8.78. The fourth-order valence-electron chi connectivity index (χ4n) is 3.77. The highest BCUT2D eigenvalue weighted by Gasteiger charge is 2.54. The number of anilines is 1. The molecule has 1 amide bonds. The third-order valence-corrected chi connectivity index (χ3v) is 5.22. The summed E-state index contributed by atoms with van der Waals surface area (Å²) in [5.74, 6) is -0.0302. The van der Waals surface area contributed by atoms with Gasteiger partial charge < -0.3 is 14.8 Å². The molecule has 3 atom stereocenters. The molecular weight excluding hydrogens is 361 g/mol. The highest BCUT2D eigenvalue weighted by atomic mass is 19.4. The van der Waals surface area contributed by atoms with E-state index in [4.69, 9.17) is 0 Å². The summed E-state index contributed by atoms with van der Waals surface area (Å²) >= 11 is 0. The summed E-state index contributed by atoms with van der Waals surface area (Å²) in [6.07, 6.45) is -0.452. The van der Waals surface area contributed by atoms with Crippen molar-refractivity contribution in [3.63, 3.8) is 0 Å². The Balaban J connectivity index is 1.49. The molecule has 5 rings (SSSR count). The fourth-order valence-corrected chi connectivity index (χ4v) is 3.77. The molecule has 2 saturated heterocycles. The summed E-state index contributed by atoms with van der Waals surface area (Å²) in [7, 11) is 0. The van der Waals surface area contributed by atoms with Crippen LogP contribution in [0.1, 0.15) is 35.2 Å². The van der Waals surface area contributed by atoms with E-state index in [1.165, 1.54) is 6.92 Å². The molecule has 0 spiro atoms. The lowest BCUT2D eigenvalue weighted by molar-refractivity contribution is -0.141. The smallest absolute Gasteiger partial charge is 0.345 e. The molecule has 2 aliphatic heterocycles. The lowest BCUT2D eigenvalue weighted by Gasteiger charge is -2.36. The quantitative estimate of drug-likeness (QED) is 0.878. The number of imidazole rings is 1. The van der Waals surface area contributed by atoms with Crippen molar-refractivity contribution >= 4 is 11.9 Å². The maximum atomic E-state index is 13.0. The number of aryl methyl sites for hydroxylation is 2. The Kier molecular flexibility index (Phi) is 4.08. The van der Waals surface area contributed by atoms with Crippen LogP contribution >= 0.6 is 0 Å². The Hall–Kier alpha value is -2.65. The van der Waals surface area contributed by atoms with E-state index < -0.39 is 11.9 Å². The van der Waals surface area contributed by atoms with E-state index in [9.17, 15) is 18.0 Å². The number of aromatic nitrogens is 4. The van der Waals surface area contributed by atoms with Crippen molar-refractivity contribution in [2.24, 2.45) is 5.92 Å². The van der Waals surface area contributed by atoms with Gasteiger partial charge in [-0.2, -0.15) is 13.2 Å². The molecule has 2 aromatic heterocycles. The minimum absolute atomic E-state index is 0.0711. The van der Waals surface area contributed by atoms with Gasteiger partial charge in [-0.05, 0) is 26.3 Å². The van der Waals surface area contributed by atoms with E-state index in [-0.39, 0.29) is 35.6 Å². The van der Waals surface area contributed by atoms with E-state index in [0.717, 1.165) is 19.0 Å². The van der Waals surface area contributed by atoms with Crippen molar-refractivity contribution in [2.75, 3.05) is 11.4 Å². The van der Waals surface area contributed by atoms with Crippen LogP contribution in [-0.2, 0) is 12.7 Å². The largest absolute Gasteiger partial charge is 0.433 e. The van der Waals surface area contributed by atoms with Crippen LogP contribution in [0.5, 0.6) is 0 Å². The van der Waals surface area contributed by atoms with Gasteiger partial charge in [0.15, 0.2) is 0 Å². The summed E-state index contributed by atoms with van der Waals surface area (Å²) in [6, 6.07) is 0.700. The molecule has 0 aromatic carbocycles. The molecule has 7 nitrogen and oxygen atoms in total. The van der Waals surface area contributed by atoms with E-state index in [2.05, 4.69) is 20.3 Å². The molecule has 1 aliphatic carbocycles. The molecule has 10 heteroatoms. The fraction of sp³-hybridized carbons (Fsp3) is 0.529. The van der Waals surface area contributed by atoms with Gasteiger partial charge in [0.05, 0.1) is 18.4 Å². The standard InChI is InChI=1S/C17H19F3N6O/c1-3-25-7-11(21-8-25)15(27)24-14-10-5-12(14)26(6-10)16-22-9(2)4-13(23-16)17(18,19)20/h4,7-8,10,12,14H,3,5-6H2,1-2H3,(H,24,27). The van der Waals surface area contributed by atoms with Crippen LogP contribution in [0.2, 0.25) is 0 Å². The number of amides is 1. The van der Waals surface area contributed by atoms with Crippen LogP contribution < -0.4 is 10.2 Å². The number of fused-ring (bicyclic) bond motifs is 1. The Morgan fingerprint density at radius 2 is 2.15 bits per heavy atom. The number of nitrogens with zero attached hydrogens (tertiary/aromatic N) is 5. The number of hydrogen-bond acceptors (Lipinski definition) is 5. The topological polar surface area (TPSA) is 75.9 Å². The molecule has 3 unspecified atom stereocenters.